The van der Waals surface area contributed by atoms with E-state index < -0.39 is 10.0 Å². The van der Waals surface area contributed by atoms with Gasteiger partial charge in [-0.15, -0.1) is 0 Å². The Morgan fingerprint density at radius 3 is 2.03 bits per heavy atom. The lowest BCUT2D eigenvalue weighted by Crippen LogP contribution is -2.42. The summed E-state index contributed by atoms with van der Waals surface area (Å²) in [6.45, 7) is 5.85. The van der Waals surface area contributed by atoms with Crippen molar-refractivity contribution in [3.8, 4) is 0 Å². The predicted octanol–water partition coefficient (Wildman–Crippen LogP) is 4.79. The molecule has 168 valence electrons. The lowest BCUT2D eigenvalue weighted by atomic mass is 9.95. The second-order valence-electron chi connectivity index (χ2n) is 8.28. The van der Waals surface area contributed by atoms with Crippen molar-refractivity contribution in [2.75, 3.05) is 17.1 Å². The summed E-state index contributed by atoms with van der Waals surface area (Å²) in [5, 5.41) is 3.05. The Hall–Kier alpha value is -3.12. The molecule has 0 radical (unpaired) electrons. The van der Waals surface area contributed by atoms with Crippen LogP contribution in [0.1, 0.15) is 48.1 Å². The summed E-state index contributed by atoms with van der Waals surface area (Å²) in [4.78, 5) is 13.1. The SMILES string of the molecule is Cc1ccccc1[C@@H](NC(=O)CN(c1ccc(C(C)C)cc1)S(C)(=O)=O)c1ccccc1. The smallest absolute Gasteiger partial charge is 0.241 e. The first-order valence-electron chi connectivity index (χ1n) is 10.6. The Morgan fingerprint density at radius 1 is 0.875 bits per heavy atom. The Bertz CT molecular complexity index is 1160. The van der Waals surface area contributed by atoms with Gasteiger partial charge in [-0.05, 0) is 47.2 Å². The van der Waals surface area contributed by atoms with E-state index in [2.05, 4.69) is 19.2 Å². The van der Waals surface area contributed by atoms with E-state index in [1.165, 1.54) is 0 Å². The predicted molar refractivity (Wildman–Crippen MR) is 130 cm³/mol. The van der Waals surface area contributed by atoms with Crippen LogP contribution in [-0.4, -0.2) is 27.1 Å². The summed E-state index contributed by atoms with van der Waals surface area (Å²) in [7, 11) is -3.65. The van der Waals surface area contributed by atoms with E-state index in [0.29, 0.717) is 11.6 Å². The minimum atomic E-state index is -3.65. The molecule has 1 amide bonds. The van der Waals surface area contributed by atoms with Crippen molar-refractivity contribution in [3.05, 3.63) is 101 Å². The van der Waals surface area contributed by atoms with Gasteiger partial charge in [0.05, 0.1) is 18.0 Å². The van der Waals surface area contributed by atoms with Gasteiger partial charge in [0.2, 0.25) is 15.9 Å². The molecule has 5 nitrogen and oxygen atoms in total. The number of amides is 1. The van der Waals surface area contributed by atoms with Crippen LogP contribution < -0.4 is 9.62 Å². The maximum atomic E-state index is 13.1. The van der Waals surface area contributed by atoms with E-state index in [0.717, 1.165) is 32.8 Å². The van der Waals surface area contributed by atoms with Crippen LogP contribution in [0.2, 0.25) is 0 Å². The van der Waals surface area contributed by atoms with Gasteiger partial charge in [0.1, 0.15) is 6.54 Å². The molecule has 0 spiro atoms. The molecular weight excluding hydrogens is 420 g/mol. The number of benzene rings is 3. The highest BCUT2D eigenvalue weighted by atomic mass is 32.2. The minimum Gasteiger partial charge on any atom is -0.344 e. The lowest BCUT2D eigenvalue weighted by Gasteiger charge is -2.26. The number of nitrogens with one attached hydrogen (secondary N) is 1. The van der Waals surface area contributed by atoms with Crippen LogP contribution in [0.3, 0.4) is 0 Å². The summed E-state index contributed by atoms with van der Waals surface area (Å²) >= 11 is 0. The Kier molecular flexibility index (Phi) is 7.36. The van der Waals surface area contributed by atoms with Gasteiger partial charge in [0.15, 0.2) is 0 Å². The first kappa shape index (κ1) is 23.5. The van der Waals surface area contributed by atoms with Crippen molar-refractivity contribution in [2.45, 2.75) is 32.7 Å². The number of rotatable bonds is 8. The van der Waals surface area contributed by atoms with Crippen LogP contribution in [0.15, 0.2) is 78.9 Å². The average Bonchev–Trinajstić information content (AvgIpc) is 2.76. The molecule has 0 aliphatic rings. The van der Waals surface area contributed by atoms with Crippen LogP contribution in [0.5, 0.6) is 0 Å². The van der Waals surface area contributed by atoms with Crippen molar-refractivity contribution >= 4 is 21.6 Å². The maximum absolute atomic E-state index is 13.1. The molecule has 0 aliphatic heterocycles. The molecule has 0 fully saturated rings. The molecular formula is C26H30N2O3S. The minimum absolute atomic E-state index is 0.297. The van der Waals surface area contributed by atoms with E-state index in [9.17, 15) is 13.2 Å². The number of aryl methyl sites for hydroxylation is 1. The van der Waals surface area contributed by atoms with Gasteiger partial charge in [-0.25, -0.2) is 8.42 Å². The number of hydrogen-bond donors (Lipinski definition) is 1. The fourth-order valence-corrected chi connectivity index (χ4v) is 4.52. The van der Waals surface area contributed by atoms with Crippen LogP contribution in [-0.2, 0) is 14.8 Å². The molecule has 1 N–H and O–H groups in total. The third-order valence-electron chi connectivity index (χ3n) is 5.47. The quantitative estimate of drug-likeness (QED) is 0.537. The number of sulfonamides is 1. The molecule has 0 heterocycles. The standard InChI is InChI=1S/C26H30N2O3S/c1-19(2)21-14-16-23(17-15-21)28(32(4,30)31)18-25(29)27-26(22-11-6-5-7-12-22)24-13-9-8-10-20(24)3/h5-17,19,26H,18H2,1-4H3,(H,27,29)/t26-/m0/s1. The summed E-state index contributed by atoms with van der Waals surface area (Å²) in [5.41, 5.74) is 4.53. The van der Waals surface area contributed by atoms with E-state index in [1.807, 2.05) is 73.7 Å². The maximum Gasteiger partial charge on any atom is 0.241 e. The molecule has 3 aromatic rings. The van der Waals surface area contributed by atoms with Crippen molar-refractivity contribution in [2.24, 2.45) is 0 Å². The fraction of sp³-hybridized carbons (Fsp3) is 0.269. The molecule has 6 heteroatoms. The molecule has 0 bridgehead atoms. The second-order valence-corrected chi connectivity index (χ2v) is 10.2. The van der Waals surface area contributed by atoms with E-state index in [1.54, 1.807) is 12.1 Å². The highest BCUT2D eigenvalue weighted by molar-refractivity contribution is 7.92. The van der Waals surface area contributed by atoms with Gasteiger partial charge < -0.3 is 5.32 Å². The van der Waals surface area contributed by atoms with Gasteiger partial charge in [0, 0.05) is 0 Å². The summed E-state index contributed by atoms with van der Waals surface area (Å²) in [6, 6.07) is 24.5. The Morgan fingerprint density at radius 2 is 1.47 bits per heavy atom. The fourth-order valence-electron chi connectivity index (χ4n) is 3.66. The number of carbonyl (C=O) groups excluding carboxylic acids is 1. The average molecular weight is 451 g/mol. The molecule has 3 rings (SSSR count). The largest absolute Gasteiger partial charge is 0.344 e. The summed E-state index contributed by atoms with van der Waals surface area (Å²) in [6.07, 6.45) is 1.12. The molecule has 0 saturated carbocycles. The molecule has 1 atom stereocenters. The number of nitrogens with zero attached hydrogens (tertiary/aromatic N) is 1. The highest BCUT2D eigenvalue weighted by Gasteiger charge is 2.24. The Balaban J connectivity index is 1.88. The van der Waals surface area contributed by atoms with Gasteiger partial charge in [-0.2, -0.15) is 0 Å². The van der Waals surface area contributed by atoms with Crippen LogP contribution >= 0.6 is 0 Å². The van der Waals surface area contributed by atoms with Gasteiger partial charge in [0.25, 0.3) is 0 Å². The van der Waals surface area contributed by atoms with Gasteiger partial charge in [-0.1, -0.05) is 80.6 Å². The third kappa shape index (κ3) is 5.77. The molecule has 32 heavy (non-hydrogen) atoms. The second kappa shape index (κ2) is 10.0. The zero-order valence-corrected chi connectivity index (χ0v) is 19.8. The number of carbonyl (C=O) groups is 1. The number of anilines is 1. The monoisotopic (exact) mass is 450 g/mol. The highest BCUT2D eigenvalue weighted by Crippen LogP contribution is 2.26. The van der Waals surface area contributed by atoms with E-state index in [4.69, 9.17) is 0 Å². The van der Waals surface area contributed by atoms with Crippen molar-refractivity contribution < 1.29 is 13.2 Å². The normalized spacial score (nSPS) is 12.4. The molecule has 0 aromatic heterocycles. The van der Waals surface area contributed by atoms with Gasteiger partial charge in [-0.3, -0.25) is 9.10 Å². The zero-order valence-electron chi connectivity index (χ0n) is 18.9. The summed E-state index contributed by atoms with van der Waals surface area (Å²) in [5.74, 6) is -0.0414. The van der Waals surface area contributed by atoms with E-state index in [-0.39, 0.29) is 18.5 Å². The first-order valence-corrected chi connectivity index (χ1v) is 12.5. The summed E-state index contributed by atoms with van der Waals surface area (Å²) < 4.78 is 26.2. The molecule has 0 saturated heterocycles. The van der Waals surface area contributed by atoms with Crippen molar-refractivity contribution in [3.63, 3.8) is 0 Å². The van der Waals surface area contributed by atoms with E-state index >= 15 is 0 Å². The topological polar surface area (TPSA) is 66.5 Å². The number of hydrogen-bond acceptors (Lipinski definition) is 3. The Labute approximate surface area is 191 Å². The zero-order chi connectivity index (χ0) is 23.3. The van der Waals surface area contributed by atoms with Crippen molar-refractivity contribution in [1.82, 2.24) is 5.32 Å². The first-order chi connectivity index (χ1) is 15.2. The van der Waals surface area contributed by atoms with Gasteiger partial charge >= 0.3 is 0 Å². The van der Waals surface area contributed by atoms with Crippen LogP contribution in [0.4, 0.5) is 5.69 Å². The van der Waals surface area contributed by atoms with Crippen LogP contribution in [0, 0.1) is 6.92 Å². The van der Waals surface area contributed by atoms with Crippen molar-refractivity contribution in [1.29, 1.82) is 0 Å². The molecule has 3 aromatic carbocycles. The molecule has 0 aliphatic carbocycles. The lowest BCUT2D eigenvalue weighted by molar-refractivity contribution is -0.120. The van der Waals surface area contributed by atoms with Crippen LogP contribution in [0.25, 0.3) is 0 Å². The third-order valence-corrected chi connectivity index (χ3v) is 6.61. The molecule has 0 unspecified atom stereocenters.